The second-order valence-electron chi connectivity index (χ2n) is 8.16. The van der Waals surface area contributed by atoms with Crippen molar-refractivity contribution in [2.75, 3.05) is 6.54 Å². The van der Waals surface area contributed by atoms with Gasteiger partial charge in [-0.25, -0.2) is 4.85 Å². The number of fused-ring (bicyclic) bond motifs is 2. The number of pyridine rings is 1. The molecule has 0 spiro atoms. The van der Waals surface area contributed by atoms with Crippen molar-refractivity contribution in [3.05, 3.63) is 74.6 Å². The maximum atomic E-state index is 13.0. The molecule has 2 N–H and O–H groups in total. The molecular formula is C23H18Cl2N8O2. The molecule has 4 heterocycles. The Hall–Kier alpha value is -3.94. The highest BCUT2D eigenvalue weighted by Gasteiger charge is 2.30. The molecule has 1 aliphatic rings. The average molecular weight is 509 g/mol. The summed E-state index contributed by atoms with van der Waals surface area (Å²) in [6.07, 6.45) is 1.88. The van der Waals surface area contributed by atoms with Crippen LogP contribution in [0.4, 0.5) is 5.69 Å². The van der Waals surface area contributed by atoms with E-state index in [1.54, 1.807) is 51.4 Å². The molecule has 10 nitrogen and oxygen atoms in total. The van der Waals surface area contributed by atoms with E-state index in [0.29, 0.717) is 62.8 Å². The van der Waals surface area contributed by atoms with Gasteiger partial charge in [-0.05, 0) is 18.6 Å². The van der Waals surface area contributed by atoms with Crippen LogP contribution in [-0.4, -0.2) is 47.6 Å². The lowest BCUT2D eigenvalue weighted by Crippen LogP contribution is -2.40. The monoisotopic (exact) mass is 508 g/mol. The molecule has 0 unspecified atom stereocenters. The van der Waals surface area contributed by atoms with E-state index in [9.17, 15) is 9.59 Å². The Labute approximate surface area is 209 Å². The second kappa shape index (κ2) is 8.69. The second-order valence-corrected chi connectivity index (χ2v) is 8.98. The van der Waals surface area contributed by atoms with Gasteiger partial charge in [0.25, 0.3) is 5.91 Å². The normalized spacial score (nSPS) is 13.0. The zero-order chi connectivity index (χ0) is 24.9. The Balaban J connectivity index is 1.47. The van der Waals surface area contributed by atoms with E-state index in [1.807, 2.05) is 0 Å². The number of benzene rings is 1. The Morgan fingerprint density at radius 2 is 1.97 bits per heavy atom. The van der Waals surface area contributed by atoms with Crippen LogP contribution in [0.5, 0.6) is 0 Å². The van der Waals surface area contributed by atoms with Crippen LogP contribution < -0.4 is 5.73 Å². The van der Waals surface area contributed by atoms with Gasteiger partial charge in [0, 0.05) is 23.3 Å². The zero-order valence-electron chi connectivity index (χ0n) is 18.5. The summed E-state index contributed by atoms with van der Waals surface area (Å²) in [5, 5.41) is 13.4. The molecule has 5 rings (SSSR count). The number of aromatic nitrogens is 5. The number of hydrogen-bond donors (Lipinski definition) is 1. The first kappa shape index (κ1) is 22.8. The first-order chi connectivity index (χ1) is 16.8. The Morgan fingerprint density at radius 1 is 1.17 bits per heavy atom. The van der Waals surface area contributed by atoms with Crippen molar-refractivity contribution >= 4 is 46.4 Å². The van der Waals surface area contributed by atoms with E-state index in [1.165, 1.54) is 0 Å². The molecule has 4 aromatic rings. The molecule has 0 radical (unpaired) electrons. The summed E-state index contributed by atoms with van der Waals surface area (Å²) in [6, 6.07) is 6.61. The number of aryl methyl sites for hydroxylation is 1. The van der Waals surface area contributed by atoms with Crippen LogP contribution in [0.25, 0.3) is 21.7 Å². The van der Waals surface area contributed by atoms with Crippen LogP contribution in [0, 0.1) is 13.5 Å². The van der Waals surface area contributed by atoms with Crippen LogP contribution in [0.1, 0.15) is 27.4 Å². The number of rotatable bonds is 4. The highest BCUT2D eigenvalue weighted by molar-refractivity contribution is 6.34. The number of nitrogens with zero attached hydrogens (tertiary/aromatic N) is 7. The third-order valence-corrected chi connectivity index (χ3v) is 6.55. The fourth-order valence-corrected chi connectivity index (χ4v) is 4.71. The van der Waals surface area contributed by atoms with Gasteiger partial charge < -0.3 is 10.6 Å². The molecule has 1 aromatic carbocycles. The lowest BCUT2D eigenvalue weighted by atomic mass is 10.1. The number of primary amides is 1. The quantitative estimate of drug-likeness (QED) is 0.423. The van der Waals surface area contributed by atoms with Gasteiger partial charge in [-0.15, -0.1) is 10.2 Å². The number of amides is 2. The van der Waals surface area contributed by atoms with Gasteiger partial charge in [0.2, 0.25) is 11.6 Å². The van der Waals surface area contributed by atoms with E-state index >= 15 is 0 Å². The van der Waals surface area contributed by atoms with E-state index in [-0.39, 0.29) is 24.4 Å². The van der Waals surface area contributed by atoms with Gasteiger partial charge in [-0.1, -0.05) is 41.4 Å². The van der Waals surface area contributed by atoms with E-state index in [2.05, 4.69) is 20.1 Å². The van der Waals surface area contributed by atoms with Crippen LogP contribution in [0.2, 0.25) is 10.0 Å². The van der Waals surface area contributed by atoms with Gasteiger partial charge in [-0.2, -0.15) is 5.10 Å². The van der Waals surface area contributed by atoms with E-state index < -0.39 is 5.91 Å². The molecule has 12 heteroatoms. The van der Waals surface area contributed by atoms with Crippen molar-refractivity contribution < 1.29 is 9.59 Å². The summed E-state index contributed by atoms with van der Waals surface area (Å²) < 4.78 is 3.43. The van der Waals surface area contributed by atoms with Crippen molar-refractivity contribution in [1.82, 2.24) is 29.3 Å². The molecule has 3 aromatic heterocycles. The first-order valence-corrected chi connectivity index (χ1v) is 11.4. The highest BCUT2D eigenvalue weighted by atomic mass is 35.5. The standard InChI is InChI=1S/C23H18Cl2N8O2/c1-12-28-29-23-16(25)9-14(10-32(12)23)21-20(22(26)35)18-11-31(5-6-33(18)30-21)19(34)8-13-3-4-17(27-2)15(24)7-13/h3-4,7,9-10H,5-6,8,11H2,1H3,(H2,26,35). The first-order valence-electron chi connectivity index (χ1n) is 10.6. The fourth-order valence-electron chi connectivity index (χ4n) is 4.22. The van der Waals surface area contributed by atoms with Gasteiger partial charge in [0.15, 0.2) is 5.65 Å². The number of hydrogen-bond acceptors (Lipinski definition) is 5. The Kier molecular flexibility index (Phi) is 5.67. The zero-order valence-corrected chi connectivity index (χ0v) is 20.0. The third kappa shape index (κ3) is 3.99. The Morgan fingerprint density at radius 3 is 2.69 bits per heavy atom. The summed E-state index contributed by atoms with van der Waals surface area (Å²) in [5.74, 6) is -0.144. The molecule has 2 amide bonds. The summed E-state index contributed by atoms with van der Waals surface area (Å²) in [5.41, 5.74) is 9.09. The van der Waals surface area contributed by atoms with Crippen LogP contribution in [0.15, 0.2) is 30.5 Å². The van der Waals surface area contributed by atoms with Crippen molar-refractivity contribution in [1.29, 1.82) is 0 Å². The van der Waals surface area contributed by atoms with Crippen LogP contribution in [0.3, 0.4) is 0 Å². The van der Waals surface area contributed by atoms with Gasteiger partial charge in [0.1, 0.15) is 11.5 Å². The van der Waals surface area contributed by atoms with Crippen molar-refractivity contribution in [3.8, 4) is 11.3 Å². The predicted molar refractivity (Wildman–Crippen MR) is 129 cm³/mol. The summed E-state index contributed by atoms with van der Waals surface area (Å²) in [7, 11) is 0. The van der Waals surface area contributed by atoms with E-state index in [4.69, 9.17) is 35.5 Å². The van der Waals surface area contributed by atoms with Crippen LogP contribution >= 0.6 is 23.2 Å². The van der Waals surface area contributed by atoms with E-state index in [0.717, 1.165) is 0 Å². The molecule has 1 aliphatic heterocycles. The summed E-state index contributed by atoms with van der Waals surface area (Å²) >= 11 is 12.5. The van der Waals surface area contributed by atoms with Crippen molar-refractivity contribution in [2.45, 2.75) is 26.4 Å². The molecule has 0 fully saturated rings. The predicted octanol–water partition coefficient (Wildman–Crippen LogP) is 3.44. The van der Waals surface area contributed by atoms with Gasteiger partial charge in [-0.3, -0.25) is 18.7 Å². The molecule has 0 atom stereocenters. The SMILES string of the molecule is [C-]#[N+]c1ccc(CC(=O)N2CCn3nc(-c4cc(Cl)c5nnc(C)n5c4)c(C(N)=O)c3C2)cc1Cl. The highest BCUT2D eigenvalue weighted by Crippen LogP contribution is 2.32. The third-order valence-electron chi connectivity index (χ3n) is 5.97. The van der Waals surface area contributed by atoms with Gasteiger partial charge in [0.05, 0.1) is 42.4 Å². The lowest BCUT2D eigenvalue weighted by Gasteiger charge is -2.28. The number of nitrogens with two attached hydrogens (primary N) is 1. The minimum Gasteiger partial charge on any atom is -0.365 e. The lowest BCUT2D eigenvalue weighted by molar-refractivity contribution is -0.132. The molecular weight excluding hydrogens is 491 g/mol. The molecule has 0 saturated heterocycles. The number of carbonyl (C=O) groups is 2. The summed E-state index contributed by atoms with van der Waals surface area (Å²) in [4.78, 5) is 30.6. The number of halogens is 2. The van der Waals surface area contributed by atoms with Gasteiger partial charge >= 0.3 is 0 Å². The smallest absolute Gasteiger partial charge is 0.252 e. The maximum Gasteiger partial charge on any atom is 0.252 e. The minimum absolute atomic E-state index is 0.115. The maximum absolute atomic E-state index is 13.0. The largest absolute Gasteiger partial charge is 0.365 e. The average Bonchev–Trinajstić information content (AvgIpc) is 3.40. The summed E-state index contributed by atoms with van der Waals surface area (Å²) in [6.45, 7) is 9.90. The Bertz CT molecular complexity index is 1570. The molecule has 0 aliphatic carbocycles. The minimum atomic E-state index is -0.645. The molecule has 176 valence electrons. The number of carbonyl (C=O) groups excluding carboxylic acids is 2. The van der Waals surface area contributed by atoms with Crippen molar-refractivity contribution in [2.24, 2.45) is 5.73 Å². The molecule has 0 saturated carbocycles. The topological polar surface area (TPSA) is 116 Å². The van der Waals surface area contributed by atoms with Crippen LogP contribution in [-0.2, 0) is 24.3 Å². The fraction of sp³-hybridized carbons (Fsp3) is 0.217. The molecule has 35 heavy (non-hydrogen) atoms. The molecule has 0 bridgehead atoms. The van der Waals surface area contributed by atoms with Crippen molar-refractivity contribution in [3.63, 3.8) is 0 Å².